The van der Waals surface area contributed by atoms with Gasteiger partial charge in [-0.25, -0.2) is 4.39 Å². The first-order chi connectivity index (χ1) is 9.65. The normalized spacial score (nSPS) is 11.1. The molecule has 0 bridgehead atoms. The minimum Gasteiger partial charge on any atom is -0.383 e. The number of hydrogen-bond acceptors (Lipinski definition) is 3. The quantitative estimate of drug-likeness (QED) is 0.704. The van der Waals surface area contributed by atoms with Gasteiger partial charge in [-0.3, -0.25) is 0 Å². The molecule has 0 atom stereocenters. The summed E-state index contributed by atoms with van der Waals surface area (Å²) in [5.41, 5.74) is 1.71. The van der Waals surface area contributed by atoms with Crippen LogP contribution in [0.25, 0.3) is 0 Å². The molecule has 0 unspecified atom stereocenters. The van der Waals surface area contributed by atoms with E-state index < -0.39 is 0 Å². The van der Waals surface area contributed by atoms with Gasteiger partial charge >= 0.3 is 0 Å². The third-order valence-corrected chi connectivity index (χ3v) is 3.71. The lowest BCUT2D eigenvalue weighted by Gasteiger charge is -2.30. The number of hydrogen-bond donors (Lipinski definition) is 1. The zero-order valence-electron chi connectivity index (χ0n) is 13.1. The van der Waals surface area contributed by atoms with E-state index in [1.54, 1.807) is 13.2 Å². The van der Waals surface area contributed by atoms with Crippen molar-refractivity contribution in [1.82, 2.24) is 5.32 Å². The molecule has 0 aliphatic carbocycles. The highest BCUT2D eigenvalue weighted by molar-refractivity contribution is 5.55. The van der Waals surface area contributed by atoms with Gasteiger partial charge in [0.2, 0.25) is 0 Å². The molecule has 0 fully saturated rings. The van der Waals surface area contributed by atoms with Gasteiger partial charge in [-0.2, -0.15) is 0 Å². The largest absolute Gasteiger partial charge is 0.383 e. The molecular formula is C16H27FN2O. The minimum absolute atomic E-state index is 0.148. The highest BCUT2D eigenvalue weighted by Gasteiger charge is 2.18. The van der Waals surface area contributed by atoms with E-state index in [1.807, 2.05) is 13.1 Å². The molecule has 1 aromatic carbocycles. The van der Waals surface area contributed by atoms with Crippen molar-refractivity contribution < 1.29 is 9.13 Å². The number of nitrogens with one attached hydrogen (secondary N) is 1. The third-order valence-electron chi connectivity index (χ3n) is 3.71. The van der Waals surface area contributed by atoms with E-state index in [4.69, 9.17) is 4.74 Å². The molecule has 114 valence electrons. The van der Waals surface area contributed by atoms with Crippen LogP contribution in [-0.2, 0) is 11.3 Å². The van der Waals surface area contributed by atoms with Gasteiger partial charge in [0, 0.05) is 33.3 Å². The molecule has 0 amide bonds. The lowest BCUT2D eigenvalue weighted by Crippen LogP contribution is -2.32. The van der Waals surface area contributed by atoms with Crippen LogP contribution in [0, 0.1) is 5.82 Å². The van der Waals surface area contributed by atoms with Crippen LogP contribution in [-0.4, -0.2) is 33.4 Å². The van der Waals surface area contributed by atoms with Crippen molar-refractivity contribution >= 4 is 5.69 Å². The number of halogens is 1. The zero-order chi connectivity index (χ0) is 15.0. The zero-order valence-corrected chi connectivity index (χ0v) is 13.1. The predicted octanol–water partition coefficient (Wildman–Crippen LogP) is 3.19. The number of para-hydroxylation sites is 1. The fourth-order valence-electron chi connectivity index (χ4n) is 2.51. The summed E-state index contributed by atoms with van der Waals surface area (Å²) in [6, 6.07) is 5.65. The first-order valence-corrected chi connectivity index (χ1v) is 7.35. The van der Waals surface area contributed by atoms with Crippen molar-refractivity contribution in [3.63, 3.8) is 0 Å². The highest BCUT2D eigenvalue weighted by Crippen LogP contribution is 2.26. The average molecular weight is 282 g/mol. The maximum absolute atomic E-state index is 14.2. The Morgan fingerprint density at radius 2 is 2.00 bits per heavy atom. The summed E-state index contributed by atoms with van der Waals surface area (Å²) in [4.78, 5) is 2.07. The van der Waals surface area contributed by atoms with Crippen LogP contribution >= 0.6 is 0 Å². The third kappa shape index (κ3) is 4.46. The Morgan fingerprint density at radius 1 is 1.30 bits per heavy atom. The van der Waals surface area contributed by atoms with E-state index in [9.17, 15) is 4.39 Å². The Bertz CT molecular complexity index is 394. The molecule has 4 heteroatoms. The number of benzene rings is 1. The van der Waals surface area contributed by atoms with Gasteiger partial charge in [-0.15, -0.1) is 0 Å². The Kier molecular flexibility index (Phi) is 7.55. The molecule has 3 nitrogen and oxygen atoms in total. The Hall–Kier alpha value is -1.13. The standard InChI is InChI=1S/C16H27FN2O/c1-5-14(6-2)19(3)16-13(8-7-9-15(16)17)12-18-10-11-20-4/h7-9,14,18H,5-6,10-12H2,1-4H3. The fourth-order valence-corrected chi connectivity index (χ4v) is 2.51. The van der Waals surface area contributed by atoms with Crippen molar-refractivity contribution in [2.45, 2.75) is 39.3 Å². The van der Waals surface area contributed by atoms with Crippen molar-refractivity contribution in [1.29, 1.82) is 0 Å². The van der Waals surface area contributed by atoms with E-state index in [0.29, 0.717) is 24.9 Å². The van der Waals surface area contributed by atoms with E-state index >= 15 is 0 Å². The molecule has 20 heavy (non-hydrogen) atoms. The second-order valence-corrected chi connectivity index (χ2v) is 5.00. The molecule has 1 rings (SSSR count). The van der Waals surface area contributed by atoms with Gasteiger partial charge in [0.05, 0.1) is 12.3 Å². The van der Waals surface area contributed by atoms with Gasteiger partial charge in [-0.1, -0.05) is 26.0 Å². The van der Waals surface area contributed by atoms with Crippen LogP contribution in [0.4, 0.5) is 10.1 Å². The van der Waals surface area contributed by atoms with Crippen molar-refractivity contribution in [3.05, 3.63) is 29.6 Å². The molecule has 0 aliphatic heterocycles. The number of nitrogens with zero attached hydrogens (tertiary/aromatic N) is 1. The molecule has 0 heterocycles. The Balaban J connectivity index is 2.87. The maximum atomic E-state index is 14.2. The molecule has 0 radical (unpaired) electrons. The topological polar surface area (TPSA) is 24.5 Å². The van der Waals surface area contributed by atoms with Crippen molar-refractivity contribution in [3.8, 4) is 0 Å². The summed E-state index contributed by atoms with van der Waals surface area (Å²) in [5.74, 6) is -0.148. The molecule has 0 spiro atoms. The monoisotopic (exact) mass is 282 g/mol. The Labute approximate surface area is 122 Å². The van der Waals surface area contributed by atoms with E-state index in [0.717, 1.165) is 24.9 Å². The van der Waals surface area contributed by atoms with Gasteiger partial charge in [-0.05, 0) is 24.5 Å². The summed E-state index contributed by atoms with van der Waals surface area (Å²) in [5, 5.41) is 3.28. The first kappa shape index (κ1) is 16.9. The van der Waals surface area contributed by atoms with Crippen LogP contribution in [0.15, 0.2) is 18.2 Å². The molecule has 1 N–H and O–H groups in total. The number of anilines is 1. The van der Waals surface area contributed by atoms with Gasteiger partial charge in [0.1, 0.15) is 5.82 Å². The molecule has 0 aliphatic rings. The predicted molar refractivity (Wildman–Crippen MR) is 82.8 cm³/mol. The summed E-state index contributed by atoms with van der Waals surface area (Å²) in [6.45, 7) is 6.36. The smallest absolute Gasteiger partial charge is 0.146 e. The second kappa shape index (κ2) is 8.93. The van der Waals surface area contributed by atoms with Gasteiger partial charge in [0.25, 0.3) is 0 Å². The number of methoxy groups -OCH3 is 1. The first-order valence-electron chi connectivity index (χ1n) is 7.35. The summed E-state index contributed by atoms with van der Waals surface area (Å²) < 4.78 is 19.2. The van der Waals surface area contributed by atoms with Crippen LogP contribution < -0.4 is 10.2 Å². The fraction of sp³-hybridized carbons (Fsp3) is 0.625. The number of rotatable bonds is 9. The van der Waals surface area contributed by atoms with Crippen molar-refractivity contribution in [2.24, 2.45) is 0 Å². The van der Waals surface area contributed by atoms with E-state index in [-0.39, 0.29) is 5.82 Å². The van der Waals surface area contributed by atoms with Crippen LogP contribution in [0.5, 0.6) is 0 Å². The van der Waals surface area contributed by atoms with Crippen molar-refractivity contribution in [2.75, 3.05) is 32.2 Å². The number of ether oxygens (including phenoxy) is 1. The SMILES string of the molecule is CCC(CC)N(C)c1c(F)cccc1CNCCOC. The lowest BCUT2D eigenvalue weighted by atomic mass is 10.1. The van der Waals surface area contributed by atoms with Crippen LogP contribution in [0.1, 0.15) is 32.3 Å². The molecular weight excluding hydrogens is 255 g/mol. The summed E-state index contributed by atoms with van der Waals surface area (Å²) >= 11 is 0. The van der Waals surface area contributed by atoms with Gasteiger partial charge < -0.3 is 15.0 Å². The summed E-state index contributed by atoms with van der Waals surface area (Å²) in [7, 11) is 3.66. The Morgan fingerprint density at radius 3 is 2.60 bits per heavy atom. The molecule has 0 aromatic heterocycles. The molecule has 0 saturated heterocycles. The highest BCUT2D eigenvalue weighted by atomic mass is 19.1. The molecule has 0 saturated carbocycles. The summed E-state index contributed by atoms with van der Waals surface area (Å²) in [6.07, 6.45) is 2.02. The molecule has 1 aromatic rings. The average Bonchev–Trinajstić information content (AvgIpc) is 2.45. The van der Waals surface area contributed by atoms with E-state index in [1.165, 1.54) is 6.07 Å². The maximum Gasteiger partial charge on any atom is 0.146 e. The second-order valence-electron chi connectivity index (χ2n) is 5.00. The lowest BCUT2D eigenvalue weighted by molar-refractivity contribution is 0.199. The minimum atomic E-state index is -0.148. The van der Waals surface area contributed by atoms with Crippen LogP contribution in [0.3, 0.4) is 0 Å². The van der Waals surface area contributed by atoms with Gasteiger partial charge in [0.15, 0.2) is 0 Å². The van der Waals surface area contributed by atoms with Crippen LogP contribution in [0.2, 0.25) is 0 Å². The van der Waals surface area contributed by atoms with E-state index in [2.05, 4.69) is 24.1 Å².